The molecule has 25 heavy (non-hydrogen) atoms. The maximum absolute atomic E-state index is 12.7. The minimum Gasteiger partial charge on any atom is -0.427 e. The second-order valence-corrected chi connectivity index (χ2v) is 6.79. The molecule has 0 bridgehead atoms. The molecule has 2 rings (SSSR count). The number of carbonyl (C=O) groups is 1. The third kappa shape index (κ3) is 4.44. The lowest BCUT2D eigenvalue weighted by atomic mass is 9.95. The molecular formula is C18H24F3NO3. The van der Waals surface area contributed by atoms with Crippen LogP contribution in [-0.2, 0) is 0 Å². The van der Waals surface area contributed by atoms with Crippen LogP contribution in [0.5, 0.6) is 0 Å². The van der Waals surface area contributed by atoms with Crippen LogP contribution in [-0.4, -0.2) is 30.1 Å². The van der Waals surface area contributed by atoms with E-state index in [-0.39, 0.29) is 37.4 Å². The van der Waals surface area contributed by atoms with Gasteiger partial charge in [0.05, 0.1) is 5.92 Å². The predicted molar refractivity (Wildman–Crippen MR) is 87.7 cm³/mol. The summed E-state index contributed by atoms with van der Waals surface area (Å²) in [6, 6.07) is 1.69. The summed E-state index contributed by atoms with van der Waals surface area (Å²) >= 11 is 0. The van der Waals surface area contributed by atoms with Gasteiger partial charge in [-0.25, -0.2) is 4.79 Å². The van der Waals surface area contributed by atoms with Crippen molar-refractivity contribution in [2.75, 3.05) is 13.1 Å². The summed E-state index contributed by atoms with van der Waals surface area (Å²) in [7, 11) is 0. The molecule has 0 N–H and O–H groups in total. The molecule has 0 aliphatic carbocycles. The van der Waals surface area contributed by atoms with Crippen LogP contribution in [0.4, 0.5) is 13.2 Å². The van der Waals surface area contributed by atoms with Crippen LogP contribution in [0.1, 0.15) is 67.1 Å². The highest BCUT2D eigenvalue weighted by Gasteiger charge is 2.42. The van der Waals surface area contributed by atoms with Gasteiger partial charge in [0.2, 0.25) is 0 Å². The quantitative estimate of drug-likeness (QED) is 0.807. The Morgan fingerprint density at radius 1 is 1.36 bits per heavy atom. The number of piperidine rings is 1. The largest absolute Gasteiger partial charge is 0.427 e. The number of likely N-dealkylation sites (tertiary alicyclic amines) is 1. The summed E-state index contributed by atoms with van der Waals surface area (Å²) in [4.78, 5) is 26.2. The molecule has 7 heteroatoms. The second kappa shape index (κ2) is 7.62. The van der Waals surface area contributed by atoms with Crippen molar-refractivity contribution in [1.29, 1.82) is 0 Å². The predicted octanol–water partition coefficient (Wildman–Crippen LogP) is 4.27. The number of carbonyl (C=O) groups excluding carboxylic acids is 1. The smallest absolute Gasteiger partial charge is 0.391 e. The molecule has 1 amide bonds. The Morgan fingerprint density at radius 2 is 1.96 bits per heavy atom. The first-order chi connectivity index (χ1) is 11.6. The lowest BCUT2D eigenvalue weighted by molar-refractivity contribution is -0.183. The zero-order valence-corrected chi connectivity index (χ0v) is 14.8. The molecule has 1 aliphatic rings. The van der Waals surface area contributed by atoms with Gasteiger partial charge in [-0.15, -0.1) is 0 Å². The summed E-state index contributed by atoms with van der Waals surface area (Å²) < 4.78 is 43.5. The van der Waals surface area contributed by atoms with Crippen LogP contribution in [0, 0.1) is 12.8 Å². The molecule has 4 nitrogen and oxygen atoms in total. The molecule has 1 unspecified atom stereocenters. The van der Waals surface area contributed by atoms with E-state index >= 15 is 0 Å². The van der Waals surface area contributed by atoms with Gasteiger partial charge in [-0.3, -0.25) is 4.79 Å². The maximum Gasteiger partial charge on any atom is 0.391 e. The molecule has 1 fully saturated rings. The Bertz CT molecular complexity index is 673. The van der Waals surface area contributed by atoms with Crippen LogP contribution in [0.25, 0.3) is 0 Å². The molecule has 0 spiro atoms. The van der Waals surface area contributed by atoms with Crippen molar-refractivity contribution in [3.05, 3.63) is 33.4 Å². The Balaban J connectivity index is 2.17. The number of rotatable bonds is 4. The number of alkyl halides is 3. The van der Waals surface area contributed by atoms with Gasteiger partial charge in [-0.1, -0.05) is 20.3 Å². The SMILES string of the molecule is CCCC(C)c1cc(C)c(C(=O)N2CCC(C(F)(F)F)CC2)c(=O)o1. The summed E-state index contributed by atoms with van der Waals surface area (Å²) in [5.74, 6) is -1.31. The standard InChI is InChI=1S/C18H24F3NO3/c1-4-5-11(2)14-10-12(3)15(17(24)25-14)16(23)22-8-6-13(7-9-22)18(19,20)21/h10-11,13H,4-9H2,1-3H3. The third-order valence-electron chi connectivity index (χ3n) is 4.83. The average Bonchev–Trinajstić information content (AvgIpc) is 2.53. The van der Waals surface area contributed by atoms with Crippen LogP contribution in [0.15, 0.2) is 15.3 Å². The molecule has 1 aromatic heterocycles. The molecule has 0 aromatic carbocycles. The minimum atomic E-state index is -4.23. The maximum atomic E-state index is 12.7. The minimum absolute atomic E-state index is 0.00409. The van der Waals surface area contributed by atoms with Gasteiger partial charge < -0.3 is 9.32 Å². The molecule has 0 radical (unpaired) electrons. The highest BCUT2D eigenvalue weighted by atomic mass is 19.4. The van der Waals surface area contributed by atoms with E-state index in [4.69, 9.17) is 4.42 Å². The van der Waals surface area contributed by atoms with Gasteiger partial charge in [0.15, 0.2) is 0 Å². The monoisotopic (exact) mass is 359 g/mol. The zero-order valence-electron chi connectivity index (χ0n) is 14.8. The lowest BCUT2D eigenvalue weighted by Gasteiger charge is -2.33. The number of aryl methyl sites for hydroxylation is 1. The van der Waals surface area contributed by atoms with Crippen molar-refractivity contribution in [1.82, 2.24) is 4.90 Å². The topological polar surface area (TPSA) is 50.5 Å². The van der Waals surface area contributed by atoms with Gasteiger partial charge in [-0.2, -0.15) is 13.2 Å². The number of hydrogen-bond donors (Lipinski definition) is 0. The van der Waals surface area contributed by atoms with E-state index in [1.807, 2.05) is 13.8 Å². The number of nitrogens with zero attached hydrogens (tertiary/aromatic N) is 1. The molecule has 1 aromatic rings. The lowest BCUT2D eigenvalue weighted by Crippen LogP contribution is -2.43. The van der Waals surface area contributed by atoms with E-state index < -0.39 is 23.6 Å². The summed E-state index contributed by atoms with van der Waals surface area (Å²) in [6.45, 7) is 5.63. The fraction of sp³-hybridized carbons (Fsp3) is 0.667. The van der Waals surface area contributed by atoms with Crippen LogP contribution in [0.3, 0.4) is 0 Å². The Kier molecular flexibility index (Phi) is 5.95. The second-order valence-electron chi connectivity index (χ2n) is 6.79. The van der Waals surface area contributed by atoms with Gasteiger partial charge >= 0.3 is 11.8 Å². The van der Waals surface area contributed by atoms with E-state index in [1.165, 1.54) is 4.90 Å². The molecule has 2 heterocycles. The van der Waals surface area contributed by atoms with Gasteiger partial charge in [0, 0.05) is 19.0 Å². The van der Waals surface area contributed by atoms with E-state index in [2.05, 4.69) is 0 Å². The third-order valence-corrected chi connectivity index (χ3v) is 4.83. The van der Waals surface area contributed by atoms with Crippen LogP contribution in [0.2, 0.25) is 0 Å². The first kappa shape index (κ1) is 19.5. The highest BCUT2D eigenvalue weighted by molar-refractivity contribution is 5.95. The van der Waals surface area contributed by atoms with E-state index in [0.29, 0.717) is 11.3 Å². The van der Waals surface area contributed by atoms with Crippen molar-refractivity contribution in [3.63, 3.8) is 0 Å². The Morgan fingerprint density at radius 3 is 2.44 bits per heavy atom. The molecule has 140 valence electrons. The van der Waals surface area contributed by atoms with Crippen LogP contribution >= 0.6 is 0 Å². The average molecular weight is 359 g/mol. The number of halogens is 3. The normalized spacial score (nSPS) is 17.6. The fourth-order valence-corrected chi connectivity index (χ4v) is 3.28. The molecule has 1 atom stereocenters. The van der Waals surface area contributed by atoms with Gasteiger partial charge in [0.25, 0.3) is 5.91 Å². The molecule has 1 saturated heterocycles. The van der Waals surface area contributed by atoms with Crippen LogP contribution < -0.4 is 5.63 Å². The summed E-state index contributed by atoms with van der Waals surface area (Å²) in [5, 5.41) is 0. The first-order valence-electron chi connectivity index (χ1n) is 8.65. The number of hydrogen-bond acceptors (Lipinski definition) is 3. The van der Waals surface area contributed by atoms with E-state index in [0.717, 1.165) is 12.8 Å². The van der Waals surface area contributed by atoms with Gasteiger partial charge in [0.1, 0.15) is 11.3 Å². The first-order valence-corrected chi connectivity index (χ1v) is 8.65. The molecule has 1 aliphatic heterocycles. The van der Waals surface area contributed by atoms with E-state index in [9.17, 15) is 22.8 Å². The Labute approximate surface area is 145 Å². The van der Waals surface area contributed by atoms with Crippen molar-refractivity contribution in [3.8, 4) is 0 Å². The fourth-order valence-electron chi connectivity index (χ4n) is 3.28. The zero-order chi connectivity index (χ0) is 18.8. The van der Waals surface area contributed by atoms with Crippen molar-refractivity contribution >= 4 is 5.91 Å². The Hall–Kier alpha value is -1.79. The van der Waals surface area contributed by atoms with Crippen molar-refractivity contribution in [2.24, 2.45) is 5.92 Å². The van der Waals surface area contributed by atoms with Gasteiger partial charge in [-0.05, 0) is 37.8 Å². The molecule has 0 saturated carbocycles. The van der Waals surface area contributed by atoms with Crippen molar-refractivity contribution in [2.45, 2.75) is 58.5 Å². The summed E-state index contributed by atoms with van der Waals surface area (Å²) in [6.07, 6.45) is -2.70. The molecular weight excluding hydrogens is 335 g/mol. The highest BCUT2D eigenvalue weighted by Crippen LogP contribution is 2.34. The van der Waals surface area contributed by atoms with Crippen molar-refractivity contribution < 1.29 is 22.4 Å². The number of amides is 1. The van der Waals surface area contributed by atoms with E-state index in [1.54, 1.807) is 13.0 Å². The summed E-state index contributed by atoms with van der Waals surface area (Å²) in [5.41, 5.74) is -0.268.